The van der Waals surface area contributed by atoms with Crippen molar-refractivity contribution in [1.82, 2.24) is 4.90 Å². The fourth-order valence-electron chi connectivity index (χ4n) is 1.77. The molecule has 0 aliphatic carbocycles. The molecule has 0 aromatic rings. The highest BCUT2D eigenvalue weighted by Crippen LogP contribution is 2.23. The van der Waals surface area contributed by atoms with Gasteiger partial charge in [-0.15, -0.1) is 0 Å². The highest BCUT2D eigenvalue weighted by atomic mass is 16.5. The zero-order chi connectivity index (χ0) is 12.3. The number of hydrogen-bond acceptors (Lipinski definition) is 5. The third-order valence-electron chi connectivity index (χ3n) is 2.60. The van der Waals surface area contributed by atoms with Crippen LogP contribution in [0.2, 0.25) is 0 Å². The summed E-state index contributed by atoms with van der Waals surface area (Å²) in [5.41, 5.74) is 0. The van der Waals surface area contributed by atoms with Gasteiger partial charge >= 0.3 is 12.1 Å². The number of ether oxygens (including phenoxy) is 2. The zero-order valence-corrected chi connectivity index (χ0v) is 9.56. The number of Topliss-reactive ketones (excluding diaryl/α,β-unsaturated/α-hetero) is 1. The van der Waals surface area contributed by atoms with Crippen molar-refractivity contribution in [2.45, 2.75) is 19.9 Å². The number of likely N-dealkylation sites (tertiary alicyclic amines) is 1. The first-order chi connectivity index (χ1) is 7.52. The van der Waals surface area contributed by atoms with Crippen molar-refractivity contribution >= 4 is 17.8 Å². The number of hydrogen-bond donors (Lipinski definition) is 0. The van der Waals surface area contributed by atoms with Crippen molar-refractivity contribution in [2.75, 3.05) is 20.3 Å². The van der Waals surface area contributed by atoms with Crippen LogP contribution in [-0.2, 0) is 19.1 Å². The predicted molar refractivity (Wildman–Crippen MR) is 53.7 cm³/mol. The highest BCUT2D eigenvalue weighted by Gasteiger charge is 2.45. The number of nitrogens with zero attached hydrogens (tertiary/aromatic N) is 1. The molecule has 1 amide bonds. The molecule has 1 rings (SSSR count). The molecular formula is C10H15NO5. The van der Waals surface area contributed by atoms with Crippen LogP contribution < -0.4 is 0 Å². The number of ketones is 1. The molecule has 6 heteroatoms. The van der Waals surface area contributed by atoms with E-state index in [1.807, 2.05) is 0 Å². The number of rotatable bonds is 2. The maximum atomic E-state index is 11.6. The second kappa shape index (κ2) is 4.96. The van der Waals surface area contributed by atoms with E-state index < -0.39 is 24.0 Å². The van der Waals surface area contributed by atoms with Gasteiger partial charge in [0.15, 0.2) is 5.78 Å². The van der Waals surface area contributed by atoms with Crippen molar-refractivity contribution in [3.63, 3.8) is 0 Å². The van der Waals surface area contributed by atoms with E-state index in [0.717, 1.165) is 0 Å². The van der Waals surface area contributed by atoms with E-state index in [2.05, 4.69) is 4.74 Å². The average molecular weight is 229 g/mol. The summed E-state index contributed by atoms with van der Waals surface area (Å²) in [6, 6.07) is -0.515. The van der Waals surface area contributed by atoms with E-state index in [9.17, 15) is 14.4 Å². The maximum absolute atomic E-state index is 11.6. The monoisotopic (exact) mass is 229 g/mol. The minimum Gasteiger partial charge on any atom is -0.465 e. The van der Waals surface area contributed by atoms with Gasteiger partial charge < -0.3 is 9.47 Å². The summed E-state index contributed by atoms with van der Waals surface area (Å²) in [7, 11) is 1.23. The summed E-state index contributed by atoms with van der Waals surface area (Å²) in [5.74, 6) is -1.78. The Balaban J connectivity index is 2.78. The Morgan fingerprint density at radius 3 is 2.62 bits per heavy atom. The summed E-state index contributed by atoms with van der Waals surface area (Å²) >= 11 is 0. The molecule has 6 nitrogen and oxygen atoms in total. The van der Waals surface area contributed by atoms with E-state index in [4.69, 9.17) is 4.74 Å². The first-order valence-corrected chi connectivity index (χ1v) is 5.06. The van der Waals surface area contributed by atoms with Gasteiger partial charge in [0.2, 0.25) is 0 Å². The Bertz CT molecular complexity index is 314. The van der Waals surface area contributed by atoms with Gasteiger partial charge in [-0.2, -0.15) is 0 Å². The van der Waals surface area contributed by atoms with Crippen LogP contribution in [0.25, 0.3) is 0 Å². The van der Waals surface area contributed by atoms with Gasteiger partial charge in [0.25, 0.3) is 0 Å². The van der Waals surface area contributed by atoms with Crippen LogP contribution in [-0.4, -0.2) is 49.0 Å². The molecule has 0 aromatic heterocycles. The number of esters is 1. The number of methoxy groups -OCH3 is 1. The van der Waals surface area contributed by atoms with Gasteiger partial charge in [0.05, 0.1) is 26.3 Å². The standard InChI is InChI=1S/C10H15NO5/c1-4-16-9(13)8-6(2)11(5-7(8)12)10(14)15-3/h6,8H,4-5H2,1-3H3. The van der Waals surface area contributed by atoms with E-state index in [1.54, 1.807) is 13.8 Å². The third kappa shape index (κ3) is 2.15. The first kappa shape index (κ1) is 12.5. The van der Waals surface area contributed by atoms with Crippen molar-refractivity contribution in [1.29, 1.82) is 0 Å². The molecule has 0 spiro atoms. The lowest BCUT2D eigenvalue weighted by molar-refractivity contribution is -0.150. The van der Waals surface area contributed by atoms with Crippen LogP contribution in [0.4, 0.5) is 4.79 Å². The molecule has 2 unspecified atom stereocenters. The quantitative estimate of drug-likeness (QED) is 0.499. The Labute approximate surface area is 93.5 Å². The van der Waals surface area contributed by atoms with Gasteiger partial charge in [0, 0.05) is 0 Å². The Kier molecular flexibility index (Phi) is 3.87. The van der Waals surface area contributed by atoms with Gasteiger partial charge in [0.1, 0.15) is 5.92 Å². The summed E-state index contributed by atoms with van der Waals surface area (Å²) in [6.07, 6.45) is -0.604. The molecule has 0 saturated carbocycles. The normalized spacial score (nSPS) is 24.4. The third-order valence-corrected chi connectivity index (χ3v) is 2.60. The first-order valence-electron chi connectivity index (χ1n) is 5.06. The number of amides is 1. The van der Waals surface area contributed by atoms with E-state index in [0.29, 0.717) is 0 Å². The minimum atomic E-state index is -0.890. The van der Waals surface area contributed by atoms with E-state index >= 15 is 0 Å². The lowest BCUT2D eigenvalue weighted by Crippen LogP contribution is -2.38. The Hall–Kier alpha value is -1.59. The summed E-state index contributed by atoms with van der Waals surface area (Å²) in [6.45, 7) is 3.41. The summed E-state index contributed by atoms with van der Waals surface area (Å²) < 4.78 is 9.31. The SMILES string of the molecule is CCOC(=O)C1C(=O)CN(C(=O)OC)C1C. The molecule has 1 fully saturated rings. The van der Waals surface area contributed by atoms with Crippen LogP contribution in [0.5, 0.6) is 0 Å². The molecule has 16 heavy (non-hydrogen) atoms. The fraction of sp³-hybridized carbons (Fsp3) is 0.700. The van der Waals surface area contributed by atoms with Crippen LogP contribution >= 0.6 is 0 Å². The maximum Gasteiger partial charge on any atom is 0.410 e. The minimum absolute atomic E-state index is 0.0999. The van der Waals surface area contributed by atoms with Crippen molar-refractivity contribution in [2.24, 2.45) is 5.92 Å². The van der Waals surface area contributed by atoms with Gasteiger partial charge in [-0.3, -0.25) is 14.5 Å². The molecule has 1 aliphatic rings. The van der Waals surface area contributed by atoms with Crippen LogP contribution in [0.1, 0.15) is 13.8 Å². The van der Waals surface area contributed by atoms with E-state index in [-0.39, 0.29) is 18.9 Å². The molecule has 0 radical (unpaired) electrons. The molecule has 2 atom stereocenters. The molecule has 90 valence electrons. The predicted octanol–water partition coefficient (Wildman–Crippen LogP) is 0.205. The summed E-state index contributed by atoms with van der Waals surface area (Å²) in [4.78, 5) is 35.6. The summed E-state index contributed by atoms with van der Waals surface area (Å²) in [5, 5.41) is 0. The fourth-order valence-corrected chi connectivity index (χ4v) is 1.77. The van der Waals surface area contributed by atoms with Crippen molar-refractivity contribution in [3.05, 3.63) is 0 Å². The second-order valence-electron chi connectivity index (χ2n) is 3.53. The average Bonchev–Trinajstić information content (AvgIpc) is 2.53. The number of carbonyl (C=O) groups excluding carboxylic acids is 3. The highest BCUT2D eigenvalue weighted by molar-refractivity contribution is 6.04. The van der Waals surface area contributed by atoms with Gasteiger partial charge in [-0.25, -0.2) is 4.79 Å². The molecule has 0 aromatic carbocycles. The van der Waals surface area contributed by atoms with Gasteiger partial charge in [-0.05, 0) is 13.8 Å². The molecule has 0 bridgehead atoms. The number of carbonyl (C=O) groups is 3. The van der Waals surface area contributed by atoms with Gasteiger partial charge in [-0.1, -0.05) is 0 Å². The Morgan fingerprint density at radius 2 is 2.12 bits per heavy atom. The zero-order valence-electron chi connectivity index (χ0n) is 9.56. The van der Waals surface area contributed by atoms with Crippen LogP contribution in [0.3, 0.4) is 0 Å². The van der Waals surface area contributed by atoms with Crippen LogP contribution in [0.15, 0.2) is 0 Å². The largest absolute Gasteiger partial charge is 0.465 e. The van der Waals surface area contributed by atoms with Crippen LogP contribution in [0, 0.1) is 5.92 Å². The topological polar surface area (TPSA) is 72.9 Å². The lowest BCUT2D eigenvalue weighted by atomic mass is 10.0. The van der Waals surface area contributed by atoms with E-state index in [1.165, 1.54) is 12.0 Å². The Morgan fingerprint density at radius 1 is 1.50 bits per heavy atom. The molecular weight excluding hydrogens is 214 g/mol. The lowest BCUT2D eigenvalue weighted by Gasteiger charge is -2.20. The molecule has 1 heterocycles. The molecule has 1 aliphatic heterocycles. The molecule has 1 saturated heterocycles. The molecule has 0 N–H and O–H groups in total. The van der Waals surface area contributed by atoms with Crippen molar-refractivity contribution < 1.29 is 23.9 Å². The van der Waals surface area contributed by atoms with Crippen molar-refractivity contribution in [3.8, 4) is 0 Å². The smallest absolute Gasteiger partial charge is 0.410 e. The second-order valence-corrected chi connectivity index (χ2v) is 3.53.